The van der Waals surface area contributed by atoms with Crippen molar-refractivity contribution in [1.82, 2.24) is 5.32 Å². The molecule has 1 aliphatic rings. The van der Waals surface area contributed by atoms with E-state index in [9.17, 15) is 9.59 Å². The highest BCUT2D eigenvalue weighted by molar-refractivity contribution is 5.97. The molecule has 1 aromatic carbocycles. The van der Waals surface area contributed by atoms with Crippen molar-refractivity contribution in [2.24, 2.45) is 10.9 Å². The summed E-state index contributed by atoms with van der Waals surface area (Å²) in [5.41, 5.74) is 5.85. The van der Waals surface area contributed by atoms with E-state index in [1.54, 1.807) is 12.1 Å². The topological polar surface area (TPSA) is 103 Å². The smallest absolute Gasteiger partial charge is 0.323 e. The minimum atomic E-state index is -0.318. The molecule has 0 aromatic heterocycles. The van der Waals surface area contributed by atoms with Crippen LogP contribution in [0.1, 0.15) is 52.0 Å². The number of amidine groups is 1. The summed E-state index contributed by atoms with van der Waals surface area (Å²) < 4.78 is 4.55. The summed E-state index contributed by atoms with van der Waals surface area (Å²) in [6.45, 7) is 6.14. The maximum Gasteiger partial charge on any atom is 0.323 e. The Hall–Kier alpha value is -2.41. The van der Waals surface area contributed by atoms with Crippen LogP contribution in [0.3, 0.4) is 0 Å². The summed E-state index contributed by atoms with van der Waals surface area (Å²) in [6, 6.07) is 9.88. The van der Waals surface area contributed by atoms with Gasteiger partial charge in [0.05, 0.1) is 0 Å². The highest BCUT2D eigenvalue weighted by atomic mass is 16.7. The molecule has 0 spiro atoms. The quantitative estimate of drug-likeness (QED) is 0.273. The van der Waals surface area contributed by atoms with Crippen molar-refractivity contribution < 1.29 is 19.2 Å². The highest BCUT2D eigenvalue weighted by Gasteiger charge is 2.10. The molecule has 1 fully saturated rings. The Labute approximate surface area is 155 Å². The van der Waals surface area contributed by atoms with Gasteiger partial charge in [-0.2, -0.15) is 0 Å². The van der Waals surface area contributed by atoms with Gasteiger partial charge in [0, 0.05) is 11.6 Å². The van der Waals surface area contributed by atoms with E-state index in [0.717, 1.165) is 11.6 Å². The largest absolute Gasteiger partial charge is 0.462 e. The number of rotatable bonds is 5. The molecule has 0 aliphatic heterocycles. The third-order valence-electron chi connectivity index (χ3n) is 3.43. The second-order valence-electron chi connectivity index (χ2n) is 6.64. The predicted molar refractivity (Wildman–Crippen MR) is 103 cm³/mol. The van der Waals surface area contributed by atoms with Crippen LogP contribution >= 0.6 is 0 Å². The lowest BCUT2D eigenvalue weighted by Crippen LogP contribution is -2.20. The summed E-state index contributed by atoms with van der Waals surface area (Å²) >= 11 is 0. The number of carbonyl (C=O) groups is 2. The number of ether oxygens (including phenoxy) is 1. The molecule has 0 atom stereocenters. The first-order valence-electron chi connectivity index (χ1n) is 8.61. The van der Waals surface area contributed by atoms with Crippen molar-refractivity contribution in [3.05, 3.63) is 35.9 Å². The maximum absolute atomic E-state index is 9.76. The molecule has 2 rings (SSSR count). The lowest BCUT2D eigenvalue weighted by Gasteiger charge is -2.14. The molecule has 26 heavy (non-hydrogen) atoms. The Morgan fingerprint density at radius 3 is 2.08 bits per heavy atom. The number of nitrogens with two attached hydrogens (primary N) is 1. The molecule has 146 valence electrons. The van der Waals surface area contributed by atoms with Crippen LogP contribution in [0.15, 0.2) is 35.5 Å². The zero-order valence-corrected chi connectivity index (χ0v) is 16.1. The summed E-state index contributed by atoms with van der Waals surface area (Å²) in [5.74, 6) is 0.183. The van der Waals surface area contributed by atoms with Gasteiger partial charge in [0.25, 0.3) is 6.47 Å². The molecule has 7 heteroatoms. The summed E-state index contributed by atoms with van der Waals surface area (Å²) in [5, 5.41) is 6.60. The van der Waals surface area contributed by atoms with E-state index in [0.29, 0.717) is 6.47 Å². The van der Waals surface area contributed by atoms with Gasteiger partial charge in [-0.05, 0) is 40.7 Å². The fourth-order valence-electron chi connectivity index (χ4n) is 2.10. The molecule has 0 saturated heterocycles. The van der Waals surface area contributed by atoms with Gasteiger partial charge in [0.2, 0.25) is 0 Å². The molecule has 0 radical (unpaired) electrons. The van der Waals surface area contributed by atoms with Gasteiger partial charge >= 0.3 is 6.47 Å². The third-order valence-corrected chi connectivity index (χ3v) is 3.43. The van der Waals surface area contributed by atoms with E-state index in [2.05, 4.69) is 27.1 Å². The molecule has 0 bridgehead atoms. The number of nitrogens with one attached hydrogen (secondary N) is 1. The standard InChI is InChI=1S/C8H8N2O2.C6H13N.C5H10O2/c9-8(10-12-6-11)7-4-2-1-3-5-7;1-7-6-4-2-3-5-6;1-5(2,3)7-4-6/h1-6H,(H2,9,10);6-7H,2-5H2,1H3;4H,1-3H3. The van der Waals surface area contributed by atoms with Crippen LogP contribution in [0.4, 0.5) is 0 Å². The summed E-state index contributed by atoms with van der Waals surface area (Å²) in [4.78, 5) is 23.5. The van der Waals surface area contributed by atoms with Gasteiger partial charge < -0.3 is 20.6 Å². The van der Waals surface area contributed by atoms with Crippen LogP contribution in [0.5, 0.6) is 0 Å². The lowest BCUT2D eigenvalue weighted by atomic mass is 10.2. The second-order valence-corrected chi connectivity index (χ2v) is 6.64. The fraction of sp³-hybridized carbons (Fsp3) is 0.526. The number of nitrogens with zero attached hydrogens (tertiary/aromatic N) is 1. The maximum atomic E-state index is 9.76. The molecular weight excluding hydrogens is 334 g/mol. The molecule has 1 saturated carbocycles. The van der Waals surface area contributed by atoms with Gasteiger partial charge in [-0.25, -0.2) is 0 Å². The third kappa shape index (κ3) is 12.9. The predicted octanol–water partition coefficient (Wildman–Crippen LogP) is 2.59. The SMILES string of the molecule is CC(C)(C)OC=O.CNC1CCCC1.N/C(=N\OC=O)c1ccccc1. The monoisotopic (exact) mass is 365 g/mol. The molecule has 0 amide bonds. The first-order chi connectivity index (χ1) is 12.3. The normalized spacial score (nSPS) is 14.2. The summed E-state index contributed by atoms with van der Waals surface area (Å²) in [6.07, 6.45) is 5.67. The van der Waals surface area contributed by atoms with Crippen LogP contribution in [0, 0.1) is 0 Å². The number of hydrogen-bond donors (Lipinski definition) is 2. The van der Waals surface area contributed by atoms with Gasteiger partial charge in [-0.15, -0.1) is 0 Å². The van der Waals surface area contributed by atoms with Crippen LogP contribution in [-0.4, -0.2) is 37.5 Å². The van der Waals surface area contributed by atoms with Crippen molar-refractivity contribution >= 4 is 18.8 Å². The van der Waals surface area contributed by atoms with Gasteiger partial charge in [-0.1, -0.05) is 48.3 Å². The van der Waals surface area contributed by atoms with Gasteiger partial charge in [0.1, 0.15) is 5.60 Å². The molecule has 0 unspecified atom stereocenters. The molecule has 0 heterocycles. The first-order valence-corrected chi connectivity index (χ1v) is 8.61. The van der Waals surface area contributed by atoms with Crippen molar-refractivity contribution in [3.63, 3.8) is 0 Å². The van der Waals surface area contributed by atoms with Crippen LogP contribution in [0.25, 0.3) is 0 Å². The van der Waals surface area contributed by atoms with Gasteiger partial charge in [0.15, 0.2) is 5.84 Å². The molecule has 3 N–H and O–H groups in total. The van der Waals surface area contributed by atoms with Crippen LogP contribution in [-0.2, 0) is 19.2 Å². The van der Waals surface area contributed by atoms with E-state index in [1.165, 1.54) is 25.7 Å². The highest BCUT2D eigenvalue weighted by Crippen LogP contribution is 2.16. The Balaban J connectivity index is 0.000000385. The Morgan fingerprint density at radius 2 is 1.73 bits per heavy atom. The van der Waals surface area contributed by atoms with E-state index < -0.39 is 0 Å². The van der Waals surface area contributed by atoms with Crippen molar-refractivity contribution in [3.8, 4) is 0 Å². The molecular formula is C19H31N3O4. The van der Waals surface area contributed by atoms with E-state index >= 15 is 0 Å². The van der Waals surface area contributed by atoms with E-state index in [4.69, 9.17) is 5.73 Å². The average Bonchev–Trinajstić information content (AvgIpc) is 3.14. The molecule has 1 aliphatic carbocycles. The number of oxime groups is 1. The Morgan fingerprint density at radius 1 is 1.15 bits per heavy atom. The van der Waals surface area contributed by atoms with E-state index in [-0.39, 0.29) is 17.9 Å². The number of hydrogen-bond acceptors (Lipinski definition) is 6. The summed E-state index contributed by atoms with van der Waals surface area (Å²) in [7, 11) is 2.05. The van der Waals surface area contributed by atoms with Gasteiger partial charge in [-0.3, -0.25) is 9.59 Å². The zero-order valence-electron chi connectivity index (χ0n) is 16.1. The van der Waals surface area contributed by atoms with Crippen LogP contribution < -0.4 is 11.1 Å². The number of carbonyl (C=O) groups excluding carboxylic acids is 2. The number of benzene rings is 1. The fourth-order valence-corrected chi connectivity index (χ4v) is 2.10. The average molecular weight is 365 g/mol. The van der Waals surface area contributed by atoms with Crippen LogP contribution in [0.2, 0.25) is 0 Å². The zero-order chi connectivity index (χ0) is 19.8. The van der Waals surface area contributed by atoms with E-state index in [1.807, 2.05) is 39.0 Å². The minimum Gasteiger partial charge on any atom is -0.462 e. The lowest BCUT2D eigenvalue weighted by molar-refractivity contribution is -0.138. The Bertz CT molecular complexity index is 521. The van der Waals surface area contributed by atoms with Crippen molar-refractivity contribution in [2.45, 2.75) is 58.1 Å². The first kappa shape index (κ1) is 23.6. The van der Waals surface area contributed by atoms with Crippen molar-refractivity contribution in [2.75, 3.05) is 7.05 Å². The van der Waals surface area contributed by atoms with Crippen molar-refractivity contribution in [1.29, 1.82) is 0 Å². The minimum absolute atomic E-state index is 0.183. The molecule has 1 aromatic rings. The molecule has 7 nitrogen and oxygen atoms in total. The second kappa shape index (κ2) is 13.8. The Kier molecular flexibility index (Phi) is 12.6.